The van der Waals surface area contributed by atoms with Crippen LogP contribution in [-0.4, -0.2) is 28.2 Å². The van der Waals surface area contributed by atoms with Crippen LogP contribution < -0.4 is 11.1 Å². The van der Waals surface area contributed by atoms with Crippen molar-refractivity contribution in [2.24, 2.45) is 0 Å². The number of H-pyrrole nitrogens is 1. The summed E-state index contributed by atoms with van der Waals surface area (Å²) in [5, 5.41) is 2.84. The monoisotopic (exact) mass is 365 g/mol. The topological polar surface area (TPSA) is 95.4 Å². The molecule has 0 aliphatic carbocycles. The molecule has 4 rings (SSSR count). The number of anilines is 1. The predicted octanol–water partition coefficient (Wildman–Crippen LogP) is 2.60. The highest BCUT2D eigenvalue weighted by molar-refractivity contribution is 5.93. The molecule has 7 heteroatoms. The van der Waals surface area contributed by atoms with Crippen molar-refractivity contribution in [3.05, 3.63) is 64.1 Å². The fourth-order valence-corrected chi connectivity index (χ4v) is 3.67. The number of carbonyl (C=O) groups excluding carboxylic acids is 2. The number of nitrogens with zero attached hydrogens (tertiary/aromatic N) is 1. The third-order valence-corrected chi connectivity index (χ3v) is 4.90. The standard InChI is InChI=1S/C20H19N3O4/c1-12(24)23-9-8-13-4-2-3-5-15(13)17(23)11-19(25)21-14-6-7-18-16(10-14)22-20(26)27-18/h2-7,10,17H,8-9,11H2,1H3,(H,21,25)(H,22,26). The first-order valence-corrected chi connectivity index (χ1v) is 8.79. The molecule has 1 aromatic heterocycles. The van der Waals surface area contributed by atoms with E-state index >= 15 is 0 Å². The van der Waals surface area contributed by atoms with Crippen LogP contribution in [0.1, 0.15) is 30.5 Å². The molecule has 1 atom stereocenters. The Bertz CT molecular complexity index is 1080. The molecular weight excluding hydrogens is 346 g/mol. The number of amides is 2. The Hall–Kier alpha value is -3.35. The summed E-state index contributed by atoms with van der Waals surface area (Å²) in [7, 11) is 0. The first-order valence-electron chi connectivity index (χ1n) is 8.79. The maximum absolute atomic E-state index is 12.7. The summed E-state index contributed by atoms with van der Waals surface area (Å²) >= 11 is 0. The van der Waals surface area contributed by atoms with Crippen molar-refractivity contribution in [2.75, 3.05) is 11.9 Å². The predicted molar refractivity (Wildman–Crippen MR) is 100 cm³/mol. The van der Waals surface area contributed by atoms with Crippen molar-refractivity contribution in [2.45, 2.75) is 25.8 Å². The van der Waals surface area contributed by atoms with E-state index in [4.69, 9.17) is 4.42 Å². The number of hydrogen-bond donors (Lipinski definition) is 2. The second kappa shape index (κ2) is 6.75. The van der Waals surface area contributed by atoms with Gasteiger partial charge < -0.3 is 14.6 Å². The zero-order valence-electron chi connectivity index (χ0n) is 14.8. The van der Waals surface area contributed by atoms with Gasteiger partial charge in [0.2, 0.25) is 11.8 Å². The SMILES string of the molecule is CC(=O)N1CCc2ccccc2C1CC(=O)Nc1ccc2oc(=O)[nH]c2c1. The van der Waals surface area contributed by atoms with Gasteiger partial charge in [-0.25, -0.2) is 4.79 Å². The van der Waals surface area contributed by atoms with Crippen LogP contribution >= 0.6 is 0 Å². The Labute approximate surface area is 155 Å². The van der Waals surface area contributed by atoms with Gasteiger partial charge in [0.25, 0.3) is 0 Å². The number of oxazole rings is 1. The number of carbonyl (C=O) groups is 2. The van der Waals surface area contributed by atoms with Crippen molar-refractivity contribution < 1.29 is 14.0 Å². The third kappa shape index (κ3) is 3.36. The molecule has 2 N–H and O–H groups in total. The summed E-state index contributed by atoms with van der Waals surface area (Å²) in [6.45, 7) is 2.13. The second-order valence-corrected chi connectivity index (χ2v) is 6.65. The molecule has 3 aromatic rings. The van der Waals surface area contributed by atoms with Crippen LogP contribution in [0.3, 0.4) is 0 Å². The Kier molecular flexibility index (Phi) is 4.27. The van der Waals surface area contributed by atoms with E-state index in [-0.39, 0.29) is 24.3 Å². The molecule has 1 unspecified atom stereocenters. The van der Waals surface area contributed by atoms with Crippen LogP contribution in [0.25, 0.3) is 11.1 Å². The van der Waals surface area contributed by atoms with Gasteiger partial charge in [0.05, 0.1) is 18.0 Å². The summed E-state index contributed by atoms with van der Waals surface area (Å²) < 4.78 is 4.96. The van der Waals surface area contributed by atoms with Crippen LogP contribution in [0, 0.1) is 0 Å². The second-order valence-electron chi connectivity index (χ2n) is 6.65. The lowest BCUT2D eigenvalue weighted by molar-refractivity contribution is -0.132. The fourth-order valence-electron chi connectivity index (χ4n) is 3.67. The van der Waals surface area contributed by atoms with Crippen LogP contribution in [0.2, 0.25) is 0 Å². The molecule has 0 radical (unpaired) electrons. The molecule has 2 heterocycles. The molecular formula is C20H19N3O4. The van der Waals surface area contributed by atoms with Crippen molar-refractivity contribution in [3.8, 4) is 0 Å². The lowest BCUT2D eigenvalue weighted by Gasteiger charge is -2.36. The molecule has 1 aliphatic rings. The molecule has 27 heavy (non-hydrogen) atoms. The summed E-state index contributed by atoms with van der Waals surface area (Å²) in [6.07, 6.45) is 0.953. The Balaban J connectivity index is 1.56. The number of fused-ring (bicyclic) bond motifs is 2. The van der Waals surface area contributed by atoms with E-state index in [1.807, 2.05) is 24.3 Å². The van der Waals surface area contributed by atoms with E-state index in [1.54, 1.807) is 23.1 Å². The van der Waals surface area contributed by atoms with E-state index in [0.717, 1.165) is 12.0 Å². The maximum atomic E-state index is 12.7. The molecule has 2 amide bonds. The third-order valence-electron chi connectivity index (χ3n) is 4.90. The van der Waals surface area contributed by atoms with Crippen molar-refractivity contribution in [3.63, 3.8) is 0 Å². The summed E-state index contributed by atoms with van der Waals surface area (Å²) in [5.74, 6) is -0.780. The zero-order valence-corrected chi connectivity index (χ0v) is 14.8. The van der Waals surface area contributed by atoms with E-state index in [9.17, 15) is 14.4 Å². The molecule has 0 saturated heterocycles. The normalized spacial score (nSPS) is 16.2. The smallest absolute Gasteiger partial charge is 0.408 e. The molecule has 138 valence electrons. The quantitative estimate of drug-likeness (QED) is 0.746. The lowest BCUT2D eigenvalue weighted by atomic mass is 9.90. The minimum Gasteiger partial charge on any atom is -0.408 e. The number of benzene rings is 2. The number of aromatic nitrogens is 1. The van der Waals surface area contributed by atoms with Gasteiger partial charge in [-0.2, -0.15) is 0 Å². The van der Waals surface area contributed by atoms with Gasteiger partial charge in [-0.05, 0) is 35.7 Å². The first kappa shape index (κ1) is 17.1. The van der Waals surface area contributed by atoms with E-state index in [1.165, 1.54) is 12.5 Å². The number of aromatic amines is 1. The van der Waals surface area contributed by atoms with Gasteiger partial charge in [-0.15, -0.1) is 0 Å². The van der Waals surface area contributed by atoms with Gasteiger partial charge in [-0.3, -0.25) is 14.6 Å². The highest BCUT2D eigenvalue weighted by Crippen LogP contribution is 2.32. The number of hydrogen-bond acceptors (Lipinski definition) is 4. The molecule has 1 aliphatic heterocycles. The van der Waals surface area contributed by atoms with Crippen molar-refractivity contribution in [1.29, 1.82) is 0 Å². The van der Waals surface area contributed by atoms with Crippen LogP contribution in [0.5, 0.6) is 0 Å². The molecule has 0 bridgehead atoms. The Morgan fingerprint density at radius 1 is 1.26 bits per heavy atom. The van der Waals surface area contributed by atoms with E-state index in [0.29, 0.717) is 23.3 Å². The first-order chi connectivity index (χ1) is 13.0. The Morgan fingerprint density at radius 3 is 2.89 bits per heavy atom. The zero-order chi connectivity index (χ0) is 19.0. The maximum Gasteiger partial charge on any atom is 0.417 e. The highest BCUT2D eigenvalue weighted by atomic mass is 16.4. The van der Waals surface area contributed by atoms with Gasteiger partial charge >= 0.3 is 5.76 Å². The van der Waals surface area contributed by atoms with E-state index < -0.39 is 5.76 Å². The van der Waals surface area contributed by atoms with Crippen LogP contribution in [0.4, 0.5) is 5.69 Å². The summed E-state index contributed by atoms with van der Waals surface area (Å²) in [5.41, 5.74) is 3.70. The minimum absolute atomic E-state index is 0.0419. The minimum atomic E-state index is -0.538. The van der Waals surface area contributed by atoms with Gasteiger partial charge in [0.15, 0.2) is 5.58 Å². The van der Waals surface area contributed by atoms with Crippen molar-refractivity contribution >= 4 is 28.6 Å². The fraction of sp³-hybridized carbons (Fsp3) is 0.250. The van der Waals surface area contributed by atoms with Crippen LogP contribution in [0.15, 0.2) is 51.7 Å². The average Bonchev–Trinajstić information content (AvgIpc) is 3.01. The average molecular weight is 365 g/mol. The summed E-state index contributed by atoms with van der Waals surface area (Å²) in [4.78, 5) is 40.3. The lowest BCUT2D eigenvalue weighted by Crippen LogP contribution is -2.40. The molecule has 0 fully saturated rings. The van der Waals surface area contributed by atoms with Gasteiger partial charge in [-0.1, -0.05) is 24.3 Å². The van der Waals surface area contributed by atoms with Gasteiger partial charge in [0.1, 0.15) is 0 Å². The molecule has 0 spiro atoms. The molecule has 2 aromatic carbocycles. The molecule has 7 nitrogen and oxygen atoms in total. The Morgan fingerprint density at radius 2 is 2.07 bits per heavy atom. The van der Waals surface area contributed by atoms with Crippen LogP contribution in [-0.2, 0) is 16.0 Å². The highest BCUT2D eigenvalue weighted by Gasteiger charge is 2.30. The van der Waals surface area contributed by atoms with Gasteiger partial charge in [0, 0.05) is 19.2 Å². The number of nitrogens with one attached hydrogen (secondary N) is 2. The summed E-state index contributed by atoms with van der Waals surface area (Å²) in [6, 6.07) is 12.6. The van der Waals surface area contributed by atoms with Crippen molar-refractivity contribution in [1.82, 2.24) is 9.88 Å². The largest absolute Gasteiger partial charge is 0.417 e. The van der Waals surface area contributed by atoms with E-state index in [2.05, 4.69) is 10.3 Å². The number of rotatable bonds is 3. The molecule has 0 saturated carbocycles.